The first-order valence-corrected chi connectivity index (χ1v) is 10.1. The van der Waals surface area contributed by atoms with Gasteiger partial charge < -0.3 is 13.9 Å². The van der Waals surface area contributed by atoms with E-state index in [9.17, 15) is 4.79 Å². The maximum absolute atomic E-state index is 12.7. The summed E-state index contributed by atoms with van der Waals surface area (Å²) in [7, 11) is 0. The summed E-state index contributed by atoms with van der Waals surface area (Å²) in [6, 6.07) is 11.8. The Labute approximate surface area is 174 Å². The van der Waals surface area contributed by atoms with Crippen LogP contribution in [-0.4, -0.2) is 12.6 Å². The Morgan fingerprint density at radius 3 is 2.54 bits per heavy atom. The number of hydrogen-bond donors (Lipinski definition) is 0. The van der Waals surface area contributed by atoms with E-state index >= 15 is 0 Å². The van der Waals surface area contributed by atoms with E-state index < -0.39 is 0 Å². The molecule has 28 heavy (non-hydrogen) atoms. The van der Waals surface area contributed by atoms with Gasteiger partial charge in [0.05, 0.1) is 11.1 Å². The van der Waals surface area contributed by atoms with Crippen molar-refractivity contribution >= 4 is 32.9 Å². The van der Waals surface area contributed by atoms with Gasteiger partial charge >= 0.3 is 5.97 Å². The normalized spacial score (nSPS) is 11.6. The van der Waals surface area contributed by atoms with Crippen LogP contribution in [-0.2, 0) is 16.8 Å². The number of carbonyl (C=O) groups is 1. The van der Waals surface area contributed by atoms with Crippen molar-refractivity contribution in [3.63, 3.8) is 0 Å². The Kier molecular flexibility index (Phi) is 5.84. The van der Waals surface area contributed by atoms with Gasteiger partial charge in [0.1, 0.15) is 29.3 Å². The molecule has 0 N–H and O–H groups in total. The maximum Gasteiger partial charge on any atom is 0.342 e. The zero-order valence-electron chi connectivity index (χ0n) is 16.9. The van der Waals surface area contributed by atoms with Crippen molar-refractivity contribution in [2.24, 2.45) is 0 Å². The van der Waals surface area contributed by atoms with Crippen LogP contribution in [0.1, 0.15) is 54.9 Å². The van der Waals surface area contributed by atoms with Gasteiger partial charge in [-0.1, -0.05) is 45.0 Å². The highest BCUT2D eigenvalue weighted by atomic mass is 79.9. The van der Waals surface area contributed by atoms with Crippen molar-refractivity contribution in [1.82, 2.24) is 0 Å². The molecule has 0 aliphatic heterocycles. The molecule has 3 rings (SSSR count). The molecule has 0 fully saturated rings. The number of esters is 1. The van der Waals surface area contributed by atoms with Crippen LogP contribution in [0.5, 0.6) is 5.75 Å². The van der Waals surface area contributed by atoms with Crippen LogP contribution in [0.3, 0.4) is 0 Å². The molecule has 0 bridgehead atoms. The predicted octanol–water partition coefficient (Wildman–Crippen LogP) is 6.56. The summed E-state index contributed by atoms with van der Waals surface area (Å²) in [4.78, 5) is 12.7. The number of ether oxygens (including phenoxy) is 2. The highest BCUT2D eigenvalue weighted by Gasteiger charge is 2.30. The molecular formula is C23H25BrO4. The number of furan rings is 1. The average molecular weight is 445 g/mol. The minimum atomic E-state index is -0.377. The zero-order chi connectivity index (χ0) is 20.5. The lowest BCUT2D eigenvalue weighted by Crippen LogP contribution is -2.16. The van der Waals surface area contributed by atoms with Crippen LogP contribution in [0.25, 0.3) is 11.0 Å². The fourth-order valence-electron chi connectivity index (χ4n) is 3.07. The SMILES string of the molecule is CCOC(=O)c1c(C(C)(C)C)oc2cc(Br)c(OCc3ccccc3C)cc12. The van der Waals surface area contributed by atoms with E-state index in [0.29, 0.717) is 41.3 Å². The van der Waals surface area contributed by atoms with E-state index in [-0.39, 0.29) is 11.4 Å². The van der Waals surface area contributed by atoms with Gasteiger partial charge in [0.2, 0.25) is 0 Å². The van der Waals surface area contributed by atoms with Gasteiger partial charge in [-0.2, -0.15) is 0 Å². The van der Waals surface area contributed by atoms with Gasteiger partial charge in [0.25, 0.3) is 0 Å². The zero-order valence-corrected chi connectivity index (χ0v) is 18.5. The second kappa shape index (κ2) is 8.00. The highest BCUT2D eigenvalue weighted by Crippen LogP contribution is 2.39. The third-order valence-electron chi connectivity index (χ3n) is 4.55. The molecule has 0 aliphatic rings. The predicted molar refractivity (Wildman–Crippen MR) is 114 cm³/mol. The van der Waals surface area contributed by atoms with Crippen LogP contribution < -0.4 is 4.74 Å². The Morgan fingerprint density at radius 2 is 1.89 bits per heavy atom. The van der Waals surface area contributed by atoms with Gasteiger partial charge in [-0.05, 0) is 53.0 Å². The minimum absolute atomic E-state index is 0.308. The molecule has 1 aromatic heterocycles. The summed E-state index contributed by atoms with van der Waals surface area (Å²) in [6.45, 7) is 10.6. The molecule has 1 heterocycles. The quantitative estimate of drug-likeness (QED) is 0.418. The molecule has 0 amide bonds. The van der Waals surface area contributed by atoms with E-state index in [1.54, 1.807) is 6.92 Å². The van der Waals surface area contributed by atoms with E-state index in [2.05, 4.69) is 28.9 Å². The summed E-state index contributed by atoms with van der Waals surface area (Å²) in [5, 5.41) is 0.700. The molecule has 4 nitrogen and oxygen atoms in total. The summed E-state index contributed by atoms with van der Waals surface area (Å²) in [6.07, 6.45) is 0. The molecular weight excluding hydrogens is 420 g/mol. The third-order valence-corrected chi connectivity index (χ3v) is 5.17. The molecule has 148 valence electrons. The Hall–Kier alpha value is -2.27. The smallest absolute Gasteiger partial charge is 0.342 e. The Balaban J connectivity index is 2.06. The van der Waals surface area contributed by atoms with Crippen molar-refractivity contribution in [3.8, 4) is 5.75 Å². The van der Waals surface area contributed by atoms with E-state index in [4.69, 9.17) is 13.9 Å². The van der Waals surface area contributed by atoms with Crippen LogP contribution in [0.15, 0.2) is 45.3 Å². The number of fused-ring (bicyclic) bond motifs is 1. The summed E-state index contributed by atoms with van der Waals surface area (Å²) in [5.41, 5.74) is 3.05. The van der Waals surface area contributed by atoms with E-state index in [1.807, 2.05) is 51.1 Å². The first-order chi connectivity index (χ1) is 13.2. The Morgan fingerprint density at radius 1 is 1.18 bits per heavy atom. The minimum Gasteiger partial charge on any atom is -0.488 e. The lowest BCUT2D eigenvalue weighted by Gasteiger charge is -2.16. The fraction of sp³-hybridized carbons (Fsp3) is 0.348. The van der Waals surface area contributed by atoms with Crippen LogP contribution in [0.4, 0.5) is 0 Å². The number of carbonyl (C=O) groups excluding carboxylic acids is 1. The largest absolute Gasteiger partial charge is 0.488 e. The second-order valence-corrected chi connectivity index (χ2v) is 8.62. The molecule has 0 saturated carbocycles. The number of rotatable bonds is 5. The molecule has 3 aromatic rings. The lowest BCUT2D eigenvalue weighted by atomic mass is 9.89. The van der Waals surface area contributed by atoms with E-state index in [1.165, 1.54) is 5.56 Å². The summed E-state index contributed by atoms with van der Waals surface area (Å²) in [5.74, 6) is 0.893. The van der Waals surface area contributed by atoms with Crippen LogP contribution >= 0.6 is 15.9 Å². The van der Waals surface area contributed by atoms with Crippen LogP contribution in [0, 0.1) is 6.92 Å². The van der Waals surface area contributed by atoms with Gasteiger partial charge in [-0.3, -0.25) is 0 Å². The summed E-state index contributed by atoms with van der Waals surface area (Å²) < 4.78 is 18.2. The first-order valence-electron chi connectivity index (χ1n) is 9.33. The lowest BCUT2D eigenvalue weighted by molar-refractivity contribution is 0.0523. The van der Waals surface area contributed by atoms with Gasteiger partial charge in [-0.15, -0.1) is 0 Å². The molecule has 0 saturated heterocycles. The molecule has 0 atom stereocenters. The standard InChI is InChI=1S/C23H25BrO4/c1-6-26-22(25)20-16-11-19(27-13-15-10-8-7-9-14(15)2)17(24)12-18(16)28-21(20)23(3,4)5/h7-12H,6,13H2,1-5H3. The highest BCUT2D eigenvalue weighted by molar-refractivity contribution is 9.10. The molecule has 5 heteroatoms. The van der Waals surface area contributed by atoms with Crippen molar-refractivity contribution in [3.05, 3.63) is 63.3 Å². The first kappa shape index (κ1) is 20.5. The molecule has 2 aromatic carbocycles. The van der Waals surface area contributed by atoms with Crippen molar-refractivity contribution in [2.75, 3.05) is 6.61 Å². The van der Waals surface area contributed by atoms with Crippen molar-refractivity contribution in [1.29, 1.82) is 0 Å². The molecule has 0 aliphatic carbocycles. The van der Waals surface area contributed by atoms with Crippen molar-refractivity contribution in [2.45, 2.75) is 46.6 Å². The van der Waals surface area contributed by atoms with Crippen LogP contribution in [0.2, 0.25) is 0 Å². The number of hydrogen-bond acceptors (Lipinski definition) is 4. The second-order valence-electron chi connectivity index (χ2n) is 7.77. The molecule has 0 radical (unpaired) electrons. The third kappa shape index (κ3) is 4.09. The Bertz CT molecular complexity index is 1010. The monoisotopic (exact) mass is 444 g/mol. The van der Waals surface area contributed by atoms with E-state index in [0.717, 1.165) is 10.0 Å². The number of halogens is 1. The summed E-state index contributed by atoms with van der Waals surface area (Å²) >= 11 is 3.56. The molecule has 0 spiro atoms. The topological polar surface area (TPSA) is 48.7 Å². The van der Waals surface area contributed by atoms with Gasteiger partial charge in [0, 0.05) is 10.8 Å². The van der Waals surface area contributed by atoms with Gasteiger partial charge in [0.15, 0.2) is 0 Å². The number of aryl methyl sites for hydroxylation is 1. The van der Waals surface area contributed by atoms with Crippen molar-refractivity contribution < 1.29 is 18.7 Å². The fourth-order valence-corrected chi connectivity index (χ4v) is 3.51. The average Bonchev–Trinajstić information content (AvgIpc) is 2.99. The number of benzene rings is 2. The molecule has 0 unspecified atom stereocenters. The van der Waals surface area contributed by atoms with Gasteiger partial charge in [-0.25, -0.2) is 4.79 Å². The maximum atomic E-state index is 12.7.